The van der Waals surface area contributed by atoms with Crippen LogP contribution in [0.1, 0.15) is 19.4 Å². The third-order valence-corrected chi connectivity index (χ3v) is 6.03. The van der Waals surface area contributed by atoms with Crippen LogP contribution in [0.2, 0.25) is 0 Å². The SMILES string of the molecule is CCN(CC)c1cn(S(=O)(=O)c2ccc(C)cc2)c2ccccc12. The van der Waals surface area contributed by atoms with E-state index in [9.17, 15) is 8.42 Å². The quantitative estimate of drug-likeness (QED) is 0.703. The molecule has 24 heavy (non-hydrogen) atoms. The molecule has 0 N–H and O–H groups in total. The smallest absolute Gasteiger partial charge is 0.268 e. The van der Waals surface area contributed by atoms with E-state index in [1.165, 1.54) is 3.97 Å². The van der Waals surface area contributed by atoms with Gasteiger partial charge in [-0.05, 0) is 39.0 Å². The van der Waals surface area contributed by atoms with Crippen LogP contribution in [0.15, 0.2) is 59.6 Å². The molecule has 3 rings (SSSR count). The molecule has 5 heteroatoms. The van der Waals surface area contributed by atoms with Gasteiger partial charge in [-0.25, -0.2) is 12.4 Å². The predicted octanol–water partition coefficient (Wildman–Crippen LogP) is 4.03. The van der Waals surface area contributed by atoms with E-state index in [1.807, 2.05) is 43.3 Å². The van der Waals surface area contributed by atoms with Gasteiger partial charge in [0.05, 0.1) is 16.1 Å². The standard InChI is InChI=1S/C19H22N2O2S/c1-4-20(5-2)19-14-21(18-9-7-6-8-17(18)19)24(22,23)16-12-10-15(3)11-13-16/h6-14H,4-5H2,1-3H3. The highest BCUT2D eigenvalue weighted by atomic mass is 32.2. The molecule has 1 heterocycles. The van der Waals surface area contributed by atoms with Gasteiger partial charge in [-0.3, -0.25) is 0 Å². The van der Waals surface area contributed by atoms with Gasteiger partial charge in [0, 0.05) is 24.7 Å². The summed E-state index contributed by atoms with van der Waals surface area (Å²) in [4.78, 5) is 2.48. The summed E-state index contributed by atoms with van der Waals surface area (Å²) in [5, 5.41) is 0.955. The summed E-state index contributed by atoms with van der Waals surface area (Å²) in [5.74, 6) is 0. The Morgan fingerprint density at radius 1 is 0.958 bits per heavy atom. The van der Waals surface area contributed by atoms with Crippen LogP contribution in [0.25, 0.3) is 10.9 Å². The molecule has 0 aliphatic heterocycles. The van der Waals surface area contributed by atoms with E-state index in [4.69, 9.17) is 0 Å². The van der Waals surface area contributed by atoms with E-state index >= 15 is 0 Å². The Morgan fingerprint density at radius 2 is 1.58 bits per heavy atom. The molecule has 0 aliphatic carbocycles. The van der Waals surface area contributed by atoms with Crippen LogP contribution in [-0.4, -0.2) is 25.5 Å². The minimum absolute atomic E-state index is 0.306. The maximum absolute atomic E-state index is 13.1. The largest absolute Gasteiger partial charge is 0.370 e. The van der Waals surface area contributed by atoms with E-state index in [0.717, 1.165) is 29.7 Å². The fourth-order valence-electron chi connectivity index (χ4n) is 2.97. The summed E-state index contributed by atoms with van der Waals surface area (Å²) < 4.78 is 27.6. The van der Waals surface area contributed by atoms with Crippen molar-refractivity contribution in [1.29, 1.82) is 0 Å². The van der Waals surface area contributed by atoms with Crippen LogP contribution in [0.4, 0.5) is 5.69 Å². The van der Waals surface area contributed by atoms with Crippen LogP contribution in [-0.2, 0) is 10.0 Å². The van der Waals surface area contributed by atoms with Gasteiger partial charge in [-0.2, -0.15) is 0 Å². The number of fused-ring (bicyclic) bond motifs is 1. The Balaban J connectivity index is 2.24. The number of rotatable bonds is 5. The molecule has 0 unspecified atom stereocenters. The fraction of sp³-hybridized carbons (Fsp3) is 0.263. The molecule has 0 radical (unpaired) electrons. The van der Waals surface area contributed by atoms with E-state index in [-0.39, 0.29) is 0 Å². The zero-order valence-corrected chi connectivity index (χ0v) is 15.0. The van der Waals surface area contributed by atoms with Gasteiger partial charge < -0.3 is 4.90 Å². The predicted molar refractivity (Wildman–Crippen MR) is 99.3 cm³/mol. The van der Waals surface area contributed by atoms with Crippen molar-refractivity contribution in [3.05, 3.63) is 60.3 Å². The zero-order valence-electron chi connectivity index (χ0n) is 14.2. The van der Waals surface area contributed by atoms with Crippen molar-refractivity contribution in [3.63, 3.8) is 0 Å². The van der Waals surface area contributed by atoms with Gasteiger partial charge in [0.15, 0.2) is 0 Å². The monoisotopic (exact) mass is 342 g/mol. The molecule has 126 valence electrons. The lowest BCUT2D eigenvalue weighted by Crippen LogP contribution is -2.21. The third kappa shape index (κ3) is 2.69. The lowest BCUT2D eigenvalue weighted by molar-refractivity contribution is 0.589. The molecule has 4 nitrogen and oxygen atoms in total. The summed E-state index contributed by atoms with van der Waals surface area (Å²) in [5.41, 5.74) is 2.70. The highest BCUT2D eigenvalue weighted by Crippen LogP contribution is 2.31. The second kappa shape index (κ2) is 6.32. The van der Waals surface area contributed by atoms with Crippen LogP contribution < -0.4 is 4.90 Å². The summed E-state index contributed by atoms with van der Waals surface area (Å²) in [7, 11) is -3.62. The molecule has 0 fully saturated rings. The number of para-hydroxylation sites is 1. The van der Waals surface area contributed by atoms with Gasteiger partial charge >= 0.3 is 0 Å². The molecular formula is C19H22N2O2S. The van der Waals surface area contributed by atoms with Crippen molar-refractivity contribution in [2.75, 3.05) is 18.0 Å². The van der Waals surface area contributed by atoms with Gasteiger partial charge in [0.1, 0.15) is 0 Å². The molecule has 0 spiro atoms. The van der Waals surface area contributed by atoms with Crippen molar-refractivity contribution in [1.82, 2.24) is 3.97 Å². The highest BCUT2D eigenvalue weighted by Gasteiger charge is 2.22. The maximum Gasteiger partial charge on any atom is 0.268 e. The summed E-state index contributed by atoms with van der Waals surface area (Å²) in [6, 6.07) is 14.6. The fourth-order valence-corrected chi connectivity index (χ4v) is 4.34. The highest BCUT2D eigenvalue weighted by molar-refractivity contribution is 7.90. The van der Waals surface area contributed by atoms with E-state index < -0.39 is 10.0 Å². The molecule has 0 saturated carbocycles. The number of hydrogen-bond acceptors (Lipinski definition) is 3. The maximum atomic E-state index is 13.1. The minimum Gasteiger partial charge on any atom is -0.370 e. The first-order valence-corrected chi connectivity index (χ1v) is 9.60. The van der Waals surface area contributed by atoms with Crippen molar-refractivity contribution in [2.45, 2.75) is 25.7 Å². The topological polar surface area (TPSA) is 42.3 Å². The number of aromatic nitrogens is 1. The van der Waals surface area contributed by atoms with Crippen molar-refractivity contribution >= 4 is 26.6 Å². The average Bonchev–Trinajstić information content (AvgIpc) is 2.97. The number of hydrogen-bond donors (Lipinski definition) is 0. The molecule has 2 aromatic carbocycles. The number of aryl methyl sites for hydroxylation is 1. The summed E-state index contributed by atoms with van der Waals surface area (Å²) in [6.45, 7) is 7.75. The molecule has 0 bridgehead atoms. The second-order valence-electron chi connectivity index (χ2n) is 5.82. The first kappa shape index (κ1) is 16.6. The molecule has 3 aromatic rings. The number of nitrogens with zero attached hydrogens (tertiary/aromatic N) is 2. The van der Waals surface area contributed by atoms with Crippen LogP contribution >= 0.6 is 0 Å². The first-order valence-electron chi connectivity index (χ1n) is 8.16. The van der Waals surface area contributed by atoms with Crippen LogP contribution in [0, 0.1) is 6.92 Å². The summed E-state index contributed by atoms with van der Waals surface area (Å²) in [6.07, 6.45) is 1.74. The Bertz CT molecular complexity index is 953. The zero-order chi connectivity index (χ0) is 17.3. The Labute approximate surface area is 143 Å². The first-order chi connectivity index (χ1) is 11.5. The Morgan fingerprint density at radius 3 is 2.21 bits per heavy atom. The summed E-state index contributed by atoms with van der Waals surface area (Å²) >= 11 is 0. The van der Waals surface area contributed by atoms with Gasteiger partial charge in [0.2, 0.25) is 0 Å². The Hall–Kier alpha value is -2.27. The molecular weight excluding hydrogens is 320 g/mol. The molecule has 1 aromatic heterocycles. The molecule has 0 saturated heterocycles. The van der Waals surface area contributed by atoms with Crippen LogP contribution in [0.3, 0.4) is 0 Å². The lowest BCUT2D eigenvalue weighted by Gasteiger charge is -2.19. The van der Waals surface area contributed by atoms with E-state index in [0.29, 0.717) is 10.4 Å². The molecule has 0 atom stereocenters. The minimum atomic E-state index is -3.62. The van der Waals surface area contributed by atoms with Gasteiger partial charge in [-0.1, -0.05) is 35.9 Å². The van der Waals surface area contributed by atoms with E-state index in [1.54, 1.807) is 18.3 Å². The molecule has 0 aliphatic rings. The van der Waals surface area contributed by atoms with Crippen molar-refractivity contribution in [3.8, 4) is 0 Å². The molecule has 0 amide bonds. The number of anilines is 1. The second-order valence-corrected chi connectivity index (χ2v) is 7.63. The van der Waals surface area contributed by atoms with E-state index in [2.05, 4.69) is 18.7 Å². The van der Waals surface area contributed by atoms with Gasteiger partial charge in [-0.15, -0.1) is 0 Å². The lowest BCUT2D eigenvalue weighted by atomic mass is 10.2. The number of benzene rings is 2. The average molecular weight is 342 g/mol. The van der Waals surface area contributed by atoms with Crippen molar-refractivity contribution < 1.29 is 8.42 Å². The van der Waals surface area contributed by atoms with Crippen molar-refractivity contribution in [2.24, 2.45) is 0 Å². The third-order valence-electron chi connectivity index (χ3n) is 4.34. The van der Waals surface area contributed by atoms with Crippen LogP contribution in [0.5, 0.6) is 0 Å². The van der Waals surface area contributed by atoms with Gasteiger partial charge in [0.25, 0.3) is 10.0 Å². The Kier molecular flexibility index (Phi) is 4.37. The normalized spacial score (nSPS) is 11.8.